The maximum absolute atomic E-state index is 13.7. The second-order valence-electron chi connectivity index (χ2n) is 4.09. The molecule has 17 heavy (non-hydrogen) atoms. The number of alkyl halides is 1. The summed E-state index contributed by atoms with van der Waals surface area (Å²) in [5.74, 6) is -0.574. The number of hydrogen-bond donors (Lipinski definition) is 1. The number of rotatable bonds is 2. The van der Waals surface area contributed by atoms with Crippen molar-refractivity contribution >= 4 is 9.84 Å². The highest BCUT2D eigenvalue weighted by atomic mass is 32.2. The largest absolute Gasteiger partial charge is 0.506 e. The van der Waals surface area contributed by atoms with Crippen LogP contribution in [0.3, 0.4) is 0 Å². The Balaban J connectivity index is 3.75. The van der Waals surface area contributed by atoms with Gasteiger partial charge in [-0.05, 0) is 32.4 Å². The lowest BCUT2D eigenvalue weighted by Gasteiger charge is -2.18. The summed E-state index contributed by atoms with van der Waals surface area (Å²) in [7, 11) is -4.41. The fourth-order valence-electron chi connectivity index (χ4n) is 1.27. The van der Waals surface area contributed by atoms with Crippen molar-refractivity contribution in [2.45, 2.75) is 30.7 Å². The van der Waals surface area contributed by atoms with Gasteiger partial charge in [-0.25, -0.2) is 12.8 Å². The van der Waals surface area contributed by atoms with Crippen LogP contribution in [-0.4, -0.2) is 18.5 Å². The molecule has 0 aromatic heterocycles. The smallest absolute Gasteiger partial charge is 0.217 e. The molecular weight excluding hydrogens is 245 g/mol. The summed E-state index contributed by atoms with van der Waals surface area (Å²) in [6.07, 6.45) is 0. The van der Waals surface area contributed by atoms with Crippen LogP contribution < -0.4 is 0 Å². The zero-order valence-electron chi connectivity index (χ0n) is 9.65. The summed E-state index contributed by atoms with van der Waals surface area (Å²) in [4.78, 5) is -0.646. The molecule has 0 saturated heterocycles. The van der Waals surface area contributed by atoms with E-state index in [0.29, 0.717) is 0 Å². The molecule has 0 radical (unpaired) electrons. The molecule has 0 heterocycles. The van der Waals surface area contributed by atoms with Crippen LogP contribution in [0.5, 0.6) is 5.75 Å². The first kappa shape index (κ1) is 13.5. The standard InChI is InChI=1S/C11H12FNO3S/c1-7-4-5-8(6-13)10(9(7)14)17(15,16)11(2,3)12/h4-5,14H,1-3H3. The first-order valence-corrected chi connectivity index (χ1v) is 6.27. The molecule has 0 unspecified atom stereocenters. The average molecular weight is 257 g/mol. The number of phenolic OH excluding ortho intramolecular Hbond substituents is 1. The molecule has 0 spiro atoms. The molecule has 0 fully saturated rings. The minimum atomic E-state index is -4.41. The van der Waals surface area contributed by atoms with Gasteiger partial charge in [-0.3, -0.25) is 0 Å². The fraction of sp³-hybridized carbons (Fsp3) is 0.364. The molecule has 0 atom stereocenters. The van der Waals surface area contributed by atoms with Crippen molar-refractivity contribution in [1.82, 2.24) is 0 Å². The van der Waals surface area contributed by atoms with Crippen LogP contribution in [0.25, 0.3) is 0 Å². The molecule has 0 amide bonds. The zero-order valence-corrected chi connectivity index (χ0v) is 10.5. The molecule has 1 N–H and O–H groups in total. The van der Waals surface area contributed by atoms with Gasteiger partial charge in [0.15, 0.2) is 0 Å². The molecule has 0 saturated carbocycles. The Hall–Kier alpha value is -1.61. The van der Waals surface area contributed by atoms with E-state index in [2.05, 4.69) is 0 Å². The van der Waals surface area contributed by atoms with Crippen LogP contribution in [0, 0.1) is 18.3 Å². The number of nitriles is 1. The first-order valence-electron chi connectivity index (χ1n) is 4.79. The van der Waals surface area contributed by atoms with Gasteiger partial charge in [-0.2, -0.15) is 5.26 Å². The normalized spacial score (nSPS) is 12.2. The SMILES string of the molecule is Cc1ccc(C#N)c(S(=O)(=O)C(C)(C)F)c1O. The number of halogens is 1. The van der Waals surface area contributed by atoms with E-state index in [9.17, 15) is 17.9 Å². The quantitative estimate of drug-likeness (QED) is 0.879. The molecule has 4 nitrogen and oxygen atoms in total. The molecular formula is C11H12FNO3S. The van der Waals surface area contributed by atoms with Gasteiger partial charge in [-0.1, -0.05) is 6.07 Å². The molecule has 0 aliphatic rings. The van der Waals surface area contributed by atoms with Crippen LogP contribution in [-0.2, 0) is 9.84 Å². The van der Waals surface area contributed by atoms with Crippen molar-refractivity contribution < 1.29 is 17.9 Å². The van der Waals surface area contributed by atoms with E-state index in [1.54, 1.807) is 6.07 Å². The van der Waals surface area contributed by atoms with Crippen molar-refractivity contribution in [2.24, 2.45) is 0 Å². The lowest BCUT2D eigenvalue weighted by molar-refractivity contribution is 0.317. The van der Waals surface area contributed by atoms with E-state index in [1.165, 1.54) is 19.1 Å². The van der Waals surface area contributed by atoms with Gasteiger partial charge in [-0.15, -0.1) is 0 Å². The van der Waals surface area contributed by atoms with Crippen LogP contribution in [0.15, 0.2) is 17.0 Å². The lowest BCUT2D eigenvalue weighted by atomic mass is 10.1. The number of benzene rings is 1. The Morgan fingerprint density at radius 1 is 1.41 bits per heavy atom. The van der Waals surface area contributed by atoms with Gasteiger partial charge < -0.3 is 5.11 Å². The highest BCUT2D eigenvalue weighted by Gasteiger charge is 2.39. The van der Waals surface area contributed by atoms with Gasteiger partial charge in [0.1, 0.15) is 16.7 Å². The van der Waals surface area contributed by atoms with E-state index < -0.39 is 25.5 Å². The van der Waals surface area contributed by atoms with Crippen LogP contribution in [0.2, 0.25) is 0 Å². The van der Waals surface area contributed by atoms with Gasteiger partial charge in [0.2, 0.25) is 14.8 Å². The predicted molar refractivity (Wildman–Crippen MR) is 59.9 cm³/mol. The molecule has 1 aromatic rings. The van der Waals surface area contributed by atoms with Gasteiger partial charge in [0.25, 0.3) is 0 Å². The summed E-state index contributed by atoms with van der Waals surface area (Å²) in [5, 5.41) is 16.0. The summed E-state index contributed by atoms with van der Waals surface area (Å²) < 4.78 is 37.5. The third-order valence-corrected chi connectivity index (χ3v) is 4.59. The highest BCUT2D eigenvalue weighted by Crippen LogP contribution is 2.36. The van der Waals surface area contributed by atoms with Gasteiger partial charge in [0.05, 0.1) is 5.56 Å². The Bertz CT molecular complexity index is 594. The number of phenols is 1. The molecule has 92 valence electrons. The summed E-state index contributed by atoms with van der Waals surface area (Å²) >= 11 is 0. The van der Waals surface area contributed by atoms with Crippen LogP contribution in [0.4, 0.5) is 4.39 Å². The third-order valence-electron chi connectivity index (χ3n) is 2.36. The minimum Gasteiger partial charge on any atom is -0.506 e. The van der Waals surface area contributed by atoms with Crippen molar-refractivity contribution in [2.75, 3.05) is 0 Å². The highest BCUT2D eigenvalue weighted by molar-refractivity contribution is 7.92. The second kappa shape index (κ2) is 4.00. The topological polar surface area (TPSA) is 78.2 Å². The Morgan fingerprint density at radius 3 is 2.35 bits per heavy atom. The zero-order chi connectivity index (χ0) is 13.4. The van der Waals surface area contributed by atoms with Gasteiger partial charge >= 0.3 is 0 Å². The van der Waals surface area contributed by atoms with Crippen LogP contribution in [0.1, 0.15) is 25.0 Å². The van der Waals surface area contributed by atoms with Crippen molar-refractivity contribution in [3.8, 4) is 11.8 Å². The monoisotopic (exact) mass is 257 g/mol. The van der Waals surface area contributed by atoms with E-state index in [-0.39, 0.29) is 11.1 Å². The molecule has 1 aromatic carbocycles. The number of hydrogen-bond acceptors (Lipinski definition) is 4. The van der Waals surface area contributed by atoms with Gasteiger partial charge in [0, 0.05) is 0 Å². The summed E-state index contributed by atoms with van der Waals surface area (Å²) in [5.41, 5.74) is 0.00523. The molecule has 0 aliphatic heterocycles. The maximum Gasteiger partial charge on any atom is 0.217 e. The Kier molecular flexibility index (Phi) is 3.17. The molecule has 0 aliphatic carbocycles. The summed E-state index contributed by atoms with van der Waals surface area (Å²) in [6.45, 7) is 3.21. The number of aromatic hydroxyl groups is 1. The number of aryl methyl sites for hydroxylation is 1. The summed E-state index contributed by atoms with van der Waals surface area (Å²) in [6, 6.07) is 4.28. The van der Waals surface area contributed by atoms with E-state index in [0.717, 1.165) is 13.8 Å². The average Bonchev–Trinajstić information content (AvgIpc) is 2.19. The predicted octanol–water partition coefficient (Wildman–Crippen LogP) is 2.05. The van der Waals surface area contributed by atoms with Crippen molar-refractivity contribution in [1.29, 1.82) is 5.26 Å². The lowest BCUT2D eigenvalue weighted by Crippen LogP contribution is -2.27. The molecule has 0 bridgehead atoms. The number of sulfone groups is 1. The fourth-order valence-corrected chi connectivity index (χ4v) is 2.58. The number of nitrogens with zero attached hydrogens (tertiary/aromatic N) is 1. The molecule has 1 rings (SSSR count). The minimum absolute atomic E-state index is 0.265. The van der Waals surface area contributed by atoms with E-state index in [1.807, 2.05) is 0 Å². The molecule has 6 heteroatoms. The van der Waals surface area contributed by atoms with Crippen molar-refractivity contribution in [3.63, 3.8) is 0 Å². The van der Waals surface area contributed by atoms with E-state index in [4.69, 9.17) is 5.26 Å². The van der Waals surface area contributed by atoms with Crippen LogP contribution >= 0.6 is 0 Å². The van der Waals surface area contributed by atoms with Crippen molar-refractivity contribution in [3.05, 3.63) is 23.3 Å². The third kappa shape index (κ3) is 2.11. The first-order chi connectivity index (χ1) is 7.63. The Morgan fingerprint density at radius 2 is 1.94 bits per heavy atom. The van der Waals surface area contributed by atoms with E-state index >= 15 is 0 Å². The Labute approximate surface area is 99.2 Å². The second-order valence-corrected chi connectivity index (χ2v) is 6.47. The maximum atomic E-state index is 13.7.